The molecular formula is C21H24FNO2. The van der Waals surface area contributed by atoms with E-state index in [9.17, 15) is 14.3 Å². The van der Waals surface area contributed by atoms with E-state index in [1.54, 1.807) is 30.3 Å². The van der Waals surface area contributed by atoms with Gasteiger partial charge in [-0.3, -0.25) is 4.79 Å². The number of hydrogen-bond donors (Lipinski definition) is 2. The number of aryl methyl sites for hydroxylation is 1. The van der Waals surface area contributed by atoms with E-state index in [1.807, 2.05) is 26.8 Å². The van der Waals surface area contributed by atoms with Crippen molar-refractivity contribution >= 4 is 5.91 Å². The Bertz CT molecular complexity index is 783. The van der Waals surface area contributed by atoms with Crippen molar-refractivity contribution in [1.29, 1.82) is 0 Å². The standard InChI is InChI=1S/C21H24FNO2/c1-5-6-20(24)16-10-15(18-8-7-14(4)9-19(18)22)11-17(12-16)21(25)23-13(2)3/h5,7-13,20,24H,1,6H2,2-4H3,(H,23,25). The first kappa shape index (κ1) is 18.9. The molecule has 1 amide bonds. The second-order valence-corrected chi connectivity index (χ2v) is 6.50. The fraction of sp³-hybridized carbons (Fsp3) is 0.286. The molecule has 2 N–H and O–H groups in total. The van der Waals surface area contributed by atoms with Gasteiger partial charge >= 0.3 is 0 Å². The Morgan fingerprint density at radius 1 is 1.28 bits per heavy atom. The van der Waals surface area contributed by atoms with Crippen molar-refractivity contribution in [3.63, 3.8) is 0 Å². The summed E-state index contributed by atoms with van der Waals surface area (Å²) in [5.74, 6) is -0.609. The molecule has 2 rings (SSSR count). The highest BCUT2D eigenvalue weighted by Gasteiger charge is 2.16. The first-order valence-corrected chi connectivity index (χ1v) is 8.33. The molecule has 1 atom stereocenters. The maximum Gasteiger partial charge on any atom is 0.251 e. The van der Waals surface area contributed by atoms with Gasteiger partial charge in [-0.15, -0.1) is 6.58 Å². The lowest BCUT2D eigenvalue weighted by atomic mass is 9.95. The monoisotopic (exact) mass is 341 g/mol. The molecule has 132 valence electrons. The van der Waals surface area contributed by atoms with Crippen LogP contribution < -0.4 is 5.32 Å². The molecule has 0 heterocycles. The summed E-state index contributed by atoms with van der Waals surface area (Å²) in [6, 6.07) is 9.95. The van der Waals surface area contributed by atoms with E-state index in [1.165, 1.54) is 6.07 Å². The van der Waals surface area contributed by atoms with Crippen LogP contribution in [0.4, 0.5) is 4.39 Å². The predicted octanol–water partition coefficient (Wildman–Crippen LogP) is 4.55. The average molecular weight is 341 g/mol. The summed E-state index contributed by atoms with van der Waals surface area (Å²) in [6.45, 7) is 9.19. The van der Waals surface area contributed by atoms with Crippen LogP contribution in [0.5, 0.6) is 0 Å². The van der Waals surface area contributed by atoms with E-state index in [0.29, 0.717) is 28.7 Å². The molecule has 3 nitrogen and oxygen atoms in total. The van der Waals surface area contributed by atoms with Crippen LogP contribution in [0.25, 0.3) is 11.1 Å². The molecule has 0 aromatic heterocycles. The zero-order valence-corrected chi connectivity index (χ0v) is 14.8. The van der Waals surface area contributed by atoms with Gasteiger partial charge in [0.25, 0.3) is 5.91 Å². The topological polar surface area (TPSA) is 49.3 Å². The second kappa shape index (κ2) is 8.08. The van der Waals surface area contributed by atoms with E-state index in [2.05, 4.69) is 11.9 Å². The van der Waals surface area contributed by atoms with Crippen molar-refractivity contribution in [2.45, 2.75) is 39.3 Å². The van der Waals surface area contributed by atoms with Crippen LogP contribution in [0.3, 0.4) is 0 Å². The van der Waals surface area contributed by atoms with E-state index < -0.39 is 6.10 Å². The molecule has 0 saturated carbocycles. The average Bonchev–Trinajstić information content (AvgIpc) is 2.54. The van der Waals surface area contributed by atoms with Crippen LogP contribution in [-0.4, -0.2) is 17.1 Å². The Kier molecular flexibility index (Phi) is 6.10. The highest BCUT2D eigenvalue weighted by atomic mass is 19.1. The molecule has 2 aromatic carbocycles. The third kappa shape index (κ3) is 4.77. The maximum atomic E-state index is 14.4. The summed E-state index contributed by atoms with van der Waals surface area (Å²) < 4.78 is 14.4. The SMILES string of the molecule is C=CCC(O)c1cc(C(=O)NC(C)C)cc(-c2ccc(C)cc2F)c1. The van der Waals surface area contributed by atoms with Gasteiger partial charge in [-0.2, -0.15) is 0 Å². The third-order valence-electron chi connectivity index (χ3n) is 3.85. The van der Waals surface area contributed by atoms with Crippen LogP contribution in [0, 0.1) is 12.7 Å². The fourth-order valence-corrected chi connectivity index (χ4v) is 2.62. The van der Waals surface area contributed by atoms with Gasteiger partial charge in [-0.05, 0) is 68.1 Å². The molecule has 0 radical (unpaired) electrons. The molecule has 4 heteroatoms. The lowest BCUT2D eigenvalue weighted by molar-refractivity contribution is 0.0943. The maximum absolute atomic E-state index is 14.4. The second-order valence-electron chi connectivity index (χ2n) is 6.50. The quantitative estimate of drug-likeness (QED) is 0.757. The van der Waals surface area contributed by atoms with Gasteiger partial charge in [0.2, 0.25) is 0 Å². The van der Waals surface area contributed by atoms with Crippen molar-refractivity contribution in [3.8, 4) is 11.1 Å². The number of rotatable bonds is 6. The van der Waals surface area contributed by atoms with Crippen LogP contribution in [0.1, 0.15) is 47.9 Å². The molecule has 0 bridgehead atoms. The molecule has 0 saturated heterocycles. The minimum atomic E-state index is -0.795. The summed E-state index contributed by atoms with van der Waals surface area (Å²) in [7, 11) is 0. The Morgan fingerprint density at radius 2 is 2.00 bits per heavy atom. The molecule has 2 aromatic rings. The number of carbonyl (C=O) groups excluding carboxylic acids is 1. The molecule has 0 aliphatic heterocycles. The number of nitrogens with one attached hydrogen (secondary N) is 1. The van der Waals surface area contributed by atoms with Crippen molar-refractivity contribution < 1.29 is 14.3 Å². The van der Waals surface area contributed by atoms with E-state index in [0.717, 1.165) is 5.56 Å². The van der Waals surface area contributed by atoms with Gasteiger partial charge in [0.05, 0.1) is 6.10 Å². The first-order chi connectivity index (χ1) is 11.8. The number of aliphatic hydroxyl groups is 1. The van der Waals surface area contributed by atoms with Crippen LogP contribution in [0.15, 0.2) is 49.1 Å². The Labute approximate surface area is 148 Å². The van der Waals surface area contributed by atoms with Gasteiger partial charge in [0.1, 0.15) is 5.82 Å². The van der Waals surface area contributed by atoms with Crippen molar-refractivity contribution in [2.24, 2.45) is 0 Å². The number of aliphatic hydroxyl groups excluding tert-OH is 1. The summed E-state index contributed by atoms with van der Waals surface area (Å²) >= 11 is 0. The molecule has 0 fully saturated rings. The molecule has 0 spiro atoms. The summed E-state index contributed by atoms with van der Waals surface area (Å²) in [6.07, 6.45) is 1.17. The highest BCUT2D eigenvalue weighted by Crippen LogP contribution is 2.29. The number of carbonyl (C=O) groups is 1. The molecule has 0 aliphatic carbocycles. The molecule has 25 heavy (non-hydrogen) atoms. The van der Waals surface area contributed by atoms with Gasteiger partial charge in [-0.25, -0.2) is 4.39 Å². The van der Waals surface area contributed by atoms with Crippen molar-refractivity contribution in [2.75, 3.05) is 0 Å². The van der Waals surface area contributed by atoms with E-state index in [4.69, 9.17) is 0 Å². The smallest absolute Gasteiger partial charge is 0.251 e. The zero-order valence-electron chi connectivity index (χ0n) is 14.8. The van der Waals surface area contributed by atoms with Gasteiger partial charge in [0, 0.05) is 17.2 Å². The van der Waals surface area contributed by atoms with Gasteiger partial charge < -0.3 is 10.4 Å². The molecule has 0 aliphatic rings. The van der Waals surface area contributed by atoms with Crippen LogP contribution in [0.2, 0.25) is 0 Å². The normalized spacial score (nSPS) is 12.1. The van der Waals surface area contributed by atoms with Crippen molar-refractivity contribution in [3.05, 3.63) is 71.6 Å². The number of amides is 1. The fourth-order valence-electron chi connectivity index (χ4n) is 2.62. The van der Waals surface area contributed by atoms with Crippen LogP contribution in [-0.2, 0) is 0 Å². The number of benzene rings is 2. The van der Waals surface area contributed by atoms with Gasteiger partial charge in [0.15, 0.2) is 0 Å². The summed E-state index contributed by atoms with van der Waals surface area (Å²) in [4.78, 5) is 12.4. The lowest BCUT2D eigenvalue weighted by Gasteiger charge is -2.15. The van der Waals surface area contributed by atoms with Crippen LogP contribution >= 0.6 is 0 Å². The minimum Gasteiger partial charge on any atom is -0.388 e. The third-order valence-corrected chi connectivity index (χ3v) is 3.85. The zero-order chi connectivity index (χ0) is 18.6. The van der Waals surface area contributed by atoms with E-state index >= 15 is 0 Å². The largest absolute Gasteiger partial charge is 0.388 e. The van der Waals surface area contributed by atoms with Crippen molar-refractivity contribution in [1.82, 2.24) is 5.32 Å². The Balaban J connectivity index is 2.56. The summed E-state index contributed by atoms with van der Waals surface area (Å²) in [5, 5.41) is 13.1. The first-order valence-electron chi connectivity index (χ1n) is 8.33. The lowest BCUT2D eigenvalue weighted by Crippen LogP contribution is -2.30. The Morgan fingerprint density at radius 3 is 2.60 bits per heavy atom. The predicted molar refractivity (Wildman–Crippen MR) is 98.9 cm³/mol. The summed E-state index contributed by atoms with van der Waals surface area (Å²) in [5.41, 5.74) is 2.74. The Hall–Kier alpha value is -2.46. The highest BCUT2D eigenvalue weighted by molar-refractivity contribution is 5.96. The van der Waals surface area contributed by atoms with Gasteiger partial charge in [-0.1, -0.05) is 18.2 Å². The minimum absolute atomic E-state index is 0.0196. The number of halogens is 1. The number of hydrogen-bond acceptors (Lipinski definition) is 2. The molecular weight excluding hydrogens is 317 g/mol. The molecule has 1 unspecified atom stereocenters. The van der Waals surface area contributed by atoms with E-state index in [-0.39, 0.29) is 17.8 Å².